The summed E-state index contributed by atoms with van der Waals surface area (Å²) in [5.41, 5.74) is 0. The zero-order valence-corrected chi connectivity index (χ0v) is 7.41. The number of carboxylic acids is 1. The van der Waals surface area contributed by atoms with E-state index >= 15 is 0 Å². The van der Waals surface area contributed by atoms with E-state index in [2.05, 4.69) is 11.9 Å². The lowest BCUT2D eigenvalue weighted by molar-refractivity contribution is -0.142. The highest BCUT2D eigenvalue weighted by molar-refractivity contribution is 5.74. The first-order valence-corrected chi connectivity index (χ1v) is 3.73. The summed E-state index contributed by atoms with van der Waals surface area (Å²) in [4.78, 5) is 10.6. The van der Waals surface area contributed by atoms with Crippen LogP contribution in [0.2, 0.25) is 0 Å². The molecule has 0 aromatic carbocycles. The van der Waals surface area contributed by atoms with E-state index in [4.69, 9.17) is 9.84 Å². The van der Waals surface area contributed by atoms with Crippen LogP contribution in [0.25, 0.3) is 0 Å². The molecule has 4 heteroatoms. The molecular formula is C8H15NO3. The number of rotatable bonds is 6. The van der Waals surface area contributed by atoms with E-state index in [-0.39, 0.29) is 6.10 Å². The summed E-state index contributed by atoms with van der Waals surface area (Å²) in [6, 6.07) is -0.673. The summed E-state index contributed by atoms with van der Waals surface area (Å²) in [5, 5.41) is 11.5. The number of ether oxygens (including phenoxy) is 1. The predicted octanol–water partition coefficient (Wildman–Crippen LogP) is 0.250. The van der Waals surface area contributed by atoms with Crippen LogP contribution in [-0.4, -0.2) is 36.9 Å². The number of carbonyl (C=O) groups is 1. The fourth-order valence-corrected chi connectivity index (χ4v) is 0.800. The summed E-state index contributed by atoms with van der Waals surface area (Å²) in [7, 11) is 1.48. The maximum absolute atomic E-state index is 10.6. The van der Waals surface area contributed by atoms with Crippen molar-refractivity contribution < 1.29 is 14.6 Å². The van der Waals surface area contributed by atoms with Gasteiger partial charge in [0.1, 0.15) is 6.04 Å². The van der Waals surface area contributed by atoms with Crippen molar-refractivity contribution in [3.63, 3.8) is 0 Å². The molecule has 0 fully saturated rings. The van der Waals surface area contributed by atoms with Gasteiger partial charge in [-0.2, -0.15) is 0 Å². The van der Waals surface area contributed by atoms with Crippen molar-refractivity contribution in [3.8, 4) is 0 Å². The molecule has 0 saturated carbocycles. The molecule has 0 aromatic rings. The lowest BCUT2D eigenvalue weighted by Gasteiger charge is -2.18. The quantitative estimate of drug-likeness (QED) is 0.565. The topological polar surface area (TPSA) is 58.6 Å². The van der Waals surface area contributed by atoms with E-state index in [1.807, 2.05) is 0 Å². The molecule has 0 aliphatic heterocycles. The van der Waals surface area contributed by atoms with Crippen LogP contribution in [-0.2, 0) is 9.53 Å². The molecule has 0 aliphatic carbocycles. The molecule has 0 heterocycles. The Morgan fingerprint density at radius 3 is 2.75 bits per heavy atom. The van der Waals surface area contributed by atoms with Gasteiger partial charge in [0.15, 0.2) is 0 Å². The first-order chi connectivity index (χ1) is 5.63. The highest BCUT2D eigenvalue weighted by atomic mass is 16.5. The molecule has 0 saturated heterocycles. The van der Waals surface area contributed by atoms with Gasteiger partial charge in [-0.15, -0.1) is 6.58 Å². The van der Waals surface area contributed by atoms with Gasteiger partial charge in [-0.3, -0.25) is 10.1 Å². The maximum Gasteiger partial charge on any atom is 0.323 e. The van der Waals surface area contributed by atoms with Gasteiger partial charge in [-0.25, -0.2) is 0 Å². The van der Waals surface area contributed by atoms with Gasteiger partial charge < -0.3 is 9.84 Å². The first kappa shape index (κ1) is 11.1. The van der Waals surface area contributed by atoms with E-state index in [0.717, 1.165) is 0 Å². The Morgan fingerprint density at radius 2 is 2.42 bits per heavy atom. The second kappa shape index (κ2) is 5.74. The van der Waals surface area contributed by atoms with Crippen LogP contribution in [0, 0.1) is 0 Å². The Morgan fingerprint density at radius 1 is 1.83 bits per heavy atom. The van der Waals surface area contributed by atoms with Gasteiger partial charge in [0.25, 0.3) is 0 Å². The van der Waals surface area contributed by atoms with Gasteiger partial charge in [-0.1, -0.05) is 6.08 Å². The van der Waals surface area contributed by atoms with Gasteiger partial charge in [0.05, 0.1) is 6.10 Å². The van der Waals surface area contributed by atoms with E-state index in [1.165, 1.54) is 7.11 Å². The molecule has 0 aromatic heterocycles. The summed E-state index contributed by atoms with van der Waals surface area (Å²) in [6.45, 7) is 5.65. The zero-order chi connectivity index (χ0) is 9.56. The number of aliphatic carboxylic acids is 1. The van der Waals surface area contributed by atoms with Gasteiger partial charge in [0.2, 0.25) is 0 Å². The minimum atomic E-state index is -0.911. The second-order valence-corrected chi connectivity index (χ2v) is 2.45. The van der Waals surface area contributed by atoms with Crippen LogP contribution in [0.5, 0.6) is 0 Å². The summed E-state index contributed by atoms with van der Waals surface area (Å²) in [6.07, 6.45) is 1.26. The van der Waals surface area contributed by atoms with E-state index < -0.39 is 12.0 Å². The third kappa shape index (κ3) is 3.50. The Balaban J connectivity index is 4.02. The molecule has 70 valence electrons. The van der Waals surface area contributed by atoms with Crippen molar-refractivity contribution in [2.24, 2.45) is 0 Å². The van der Waals surface area contributed by atoms with Crippen LogP contribution in [0.3, 0.4) is 0 Å². The number of hydrogen-bond acceptors (Lipinski definition) is 3. The molecule has 2 unspecified atom stereocenters. The molecule has 12 heavy (non-hydrogen) atoms. The molecule has 0 amide bonds. The van der Waals surface area contributed by atoms with E-state index in [0.29, 0.717) is 6.54 Å². The molecule has 0 radical (unpaired) electrons. The van der Waals surface area contributed by atoms with Crippen molar-refractivity contribution in [1.82, 2.24) is 5.32 Å². The SMILES string of the molecule is C=CCNC(C(=O)O)C(C)OC. The lowest BCUT2D eigenvalue weighted by Crippen LogP contribution is -2.45. The normalized spacial score (nSPS) is 15.2. The highest BCUT2D eigenvalue weighted by Gasteiger charge is 2.22. The third-order valence-corrected chi connectivity index (χ3v) is 1.59. The number of methoxy groups -OCH3 is 1. The first-order valence-electron chi connectivity index (χ1n) is 3.73. The predicted molar refractivity (Wildman–Crippen MR) is 46.1 cm³/mol. The maximum atomic E-state index is 10.6. The smallest absolute Gasteiger partial charge is 0.323 e. The van der Waals surface area contributed by atoms with Crippen LogP contribution in [0.4, 0.5) is 0 Å². The molecule has 4 nitrogen and oxygen atoms in total. The number of hydrogen-bond donors (Lipinski definition) is 2. The second-order valence-electron chi connectivity index (χ2n) is 2.45. The standard InChI is InChI=1S/C8H15NO3/c1-4-5-9-7(8(10)11)6(2)12-3/h4,6-7,9H,1,5H2,2-3H3,(H,10,11). The van der Waals surface area contributed by atoms with Crippen molar-refractivity contribution in [2.75, 3.05) is 13.7 Å². The van der Waals surface area contributed by atoms with Crippen molar-refractivity contribution in [1.29, 1.82) is 0 Å². The van der Waals surface area contributed by atoms with E-state index in [9.17, 15) is 4.79 Å². The fourth-order valence-electron chi connectivity index (χ4n) is 0.800. The number of nitrogens with one attached hydrogen (secondary N) is 1. The van der Waals surface area contributed by atoms with Crippen LogP contribution in [0.1, 0.15) is 6.92 Å². The Hall–Kier alpha value is -0.870. The summed E-state index contributed by atoms with van der Waals surface area (Å²) in [5.74, 6) is -0.911. The van der Waals surface area contributed by atoms with Crippen LogP contribution in [0.15, 0.2) is 12.7 Å². The van der Waals surface area contributed by atoms with Crippen LogP contribution < -0.4 is 5.32 Å². The zero-order valence-electron chi connectivity index (χ0n) is 7.41. The lowest BCUT2D eigenvalue weighted by atomic mass is 10.2. The molecule has 0 aliphatic rings. The Kier molecular flexibility index (Phi) is 5.32. The number of carboxylic acid groups (broad SMARTS) is 1. The molecule has 0 spiro atoms. The van der Waals surface area contributed by atoms with Crippen molar-refractivity contribution >= 4 is 5.97 Å². The summed E-state index contributed by atoms with van der Waals surface area (Å²) < 4.78 is 4.89. The van der Waals surface area contributed by atoms with Crippen LogP contribution >= 0.6 is 0 Å². The fraction of sp³-hybridized carbons (Fsp3) is 0.625. The van der Waals surface area contributed by atoms with Gasteiger partial charge in [-0.05, 0) is 6.92 Å². The van der Waals surface area contributed by atoms with Crippen molar-refractivity contribution in [2.45, 2.75) is 19.1 Å². The third-order valence-electron chi connectivity index (χ3n) is 1.59. The van der Waals surface area contributed by atoms with E-state index in [1.54, 1.807) is 13.0 Å². The largest absolute Gasteiger partial charge is 0.480 e. The molecule has 0 rings (SSSR count). The molecule has 2 atom stereocenters. The molecular weight excluding hydrogens is 158 g/mol. The molecule has 2 N–H and O–H groups in total. The molecule has 0 bridgehead atoms. The Labute approximate surface area is 72.2 Å². The average Bonchev–Trinajstić information content (AvgIpc) is 2.04. The van der Waals surface area contributed by atoms with Gasteiger partial charge >= 0.3 is 5.97 Å². The minimum absolute atomic E-state index is 0.345. The monoisotopic (exact) mass is 173 g/mol. The van der Waals surface area contributed by atoms with Crippen molar-refractivity contribution in [3.05, 3.63) is 12.7 Å². The van der Waals surface area contributed by atoms with Gasteiger partial charge in [0, 0.05) is 13.7 Å². The minimum Gasteiger partial charge on any atom is -0.480 e. The average molecular weight is 173 g/mol. The highest BCUT2D eigenvalue weighted by Crippen LogP contribution is 1.97. The summed E-state index contributed by atoms with van der Waals surface area (Å²) >= 11 is 0. The Bertz CT molecular complexity index is 158.